The lowest BCUT2D eigenvalue weighted by Gasteiger charge is -2.34. The Bertz CT molecular complexity index is 1370. The number of furan rings is 1. The second-order valence-corrected chi connectivity index (χ2v) is 9.80. The first-order valence-corrected chi connectivity index (χ1v) is 12.3. The van der Waals surface area contributed by atoms with Crippen molar-refractivity contribution in [1.82, 2.24) is 24.6 Å². The van der Waals surface area contributed by atoms with Gasteiger partial charge >= 0.3 is 0 Å². The Morgan fingerprint density at radius 2 is 1.82 bits per heavy atom. The zero-order chi connectivity index (χ0) is 22.9. The van der Waals surface area contributed by atoms with Crippen LogP contribution < -0.4 is 0 Å². The van der Waals surface area contributed by atoms with Crippen LogP contribution in [0.3, 0.4) is 0 Å². The molecule has 174 valence electrons. The fraction of sp³-hybridized carbons (Fsp3) is 0.357. The van der Waals surface area contributed by atoms with Gasteiger partial charge in [0, 0.05) is 46.3 Å². The molecule has 5 aromatic rings. The van der Waals surface area contributed by atoms with Crippen molar-refractivity contribution in [2.75, 3.05) is 7.05 Å². The highest BCUT2D eigenvalue weighted by Crippen LogP contribution is 2.33. The summed E-state index contributed by atoms with van der Waals surface area (Å²) < 4.78 is 7.70. The predicted octanol–water partition coefficient (Wildman–Crippen LogP) is 6.12. The number of rotatable bonds is 7. The number of nitrogens with zero attached hydrogens (tertiary/aromatic N) is 4. The molecule has 0 amide bonds. The minimum atomic E-state index is 0.657. The van der Waals surface area contributed by atoms with Crippen LogP contribution in [-0.2, 0) is 13.0 Å². The molecule has 1 fully saturated rings. The molecular formula is C28H31N5O. The van der Waals surface area contributed by atoms with Crippen molar-refractivity contribution in [3.63, 3.8) is 0 Å². The van der Waals surface area contributed by atoms with Gasteiger partial charge in [-0.3, -0.25) is 9.47 Å². The van der Waals surface area contributed by atoms with Crippen molar-refractivity contribution in [3.8, 4) is 5.69 Å². The average molecular weight is 454 g/mol. The highest BCUT2D eigenvalue weighted by molar-refractivity contribution is 5.85. The van der Waals surface area contributed by atoms with E-state index in [-0.39, 0.29) is 0 Å². The van der Waals surface area contributed by atoms with E-state index in [2.05, 4.69) is 63.7 Å². The molecule has 0 spiro atoms. The van der Waals surface area contributed by atoms with E-state index >= 15 is 0 Å². The first kappa shape index (κ1) is 21.2. The Hall–Kier alpha value is -3.38. The van der Waals surface area contributed by atoms with Gasteiger partial charge in [0.2, 0.25) is 0 Å². The molecule has 2 aromatic carbocycles. The summed E-state index contributed by atoms with van der Waals surface area (Å²) in [6.07, 6.45) is 15.2. The first-order valence-electron chi connectivity index (χ1n) is 12.3. The molecule has 1 N–H and O–H groups in total. The molecule has 34 heavy (non-hydrogen) atoms. The third-order valence-electron chi connectivity index (χ3n) is 7.71. The molecule has 0 aliphatic heterocycles. The van der Waals surface area contributed by atoms with Crippen LogP contribution in [-0.4, -0.2) is 37.7 Å². The van der Waals surface area contributed by atoms with E-state index in [1.54, 1.807) is 12.7 Å². The van der Waals surface area contributed by atoms with E-state index in [0.29, 0.717) is 6.04 Å². The summed E-state index contributed by atoms with van der Waals surface area (Å²) in [6.45, 7) is 0.955. The normalized spacial score (nSPS) is 18.9. The number of aromatic nitrogens is 4. The van der Waals surface area contributed by atoms with Gasteiger partial charge in [0.05, 0.1) is 6.26 Å². The van der Waals surface area contributed by atoms with E-state index in [9.17, 15) is 0 Å². The highest BCUT2D eigenvalue weighted by Gasteiger charge is 2.25. The molecular weight excluding hydrogens is 422 g/mol. The largest absolute Gasteiger partial charge is 0.464 e. The van der Waals surface area contributed by atoms with Crippen LogP contribution in [0.5, 0.6) is 0 Å². The lowest BCUT2D eigenvalue weighted by Crippen LogP contribution is -2.34. The van der Waals surface area contributed by atoms with Crippen LogP contribution in [0.25, 0.3) is 27.6 Å². The Balaban J connectivity index is 1.05. The molecule has 6 nitrogen and oxygen atoms in total. The Morgan fingerprint density at radius 1 is 1.00 bits per heavy atom. The number of aromatic amines is 1. The Morgan fingerprint density at radius 3 is 2.68 bits per heavy atom. The maximum atomic E-state index is 5.74. The molecule has 1 saturated carbocycles. The summed E-state index contributed by atoms with van der Waals surface area (Å²) >= 11 is 0. The van der Waals surface area contributed by atoms with E-state index in [0.717, 1.165) is 30.2 Å². The number of fused-ring (bicyclic) bond motifs is 2. The average Bonchev–Trinajstić information content (AvgIpc) is 3.63. The van der Waals surface area contributed by atoms with Gasteiger partial charge in [-0.15, -0.1) is 10.2 Å². The molecule has 3 aromatic heterocycles. The van der Waals surface area contributed by atoms with Crippen molar-refractivity contribution in [3.05, 3.63) is 78.7 Å². The van der Waals surface area contributed by atoms with Gasteiger partial charge in [-0.05, 0) is 81.3 Å². The van der Waals surface area contributed by atoms with Crippen LogP contribution in [0.4, 0.5) is 0 Å². The maximum Gasteiger partial charge on any atom is 0.134 e. The molecule has 0 unspecified atom stereocenters. The molecule has 0 radical (unpaired) electrons. The quantitative estimate of drug-likeness (QED) is 0.323. The van der Waals surface area contributed by atoms with Gasteiger partial charge in [0.1, 0.15) is 18.2 Å². The zero-order valence-electron chi connectivity index (χ0n) is 19.7. The number of nitrogens with one attached hydrogen (secondary N) is 1. The summed E-state index contributed by atoms with van der Waals surface area (Å²) in [5.74, 6) is 0.811. The van der Waals surface area contributed by atoms with Gasteiger partial charge in [0.15, 0.2) is 0 Å². The number of hydrogen-bond donors (Lipinski definition) is 1. The minimum absolute atomic E-state index is 0.657. The van der Waals surface area contributed by atoms with Crippen LogP contribution in [0.15, 0.2) is 72.0 Å². The number of para-hydroxylation sites is 1. The fourth-order valence-electron chi connectivity index (χ4n) is 5.65. The standard InChI is InChI=1S/C28H31N5O/c1-32(16-22-17-34-28-5-3-2-4-25(22)28)23-10-7-20(8-11-23)6-9-21-15-29-27-13-12-24(14-26(21)27)33-18-30-31-19-33/h2-5,12-15,17-20,23,29H,6-11,16H2,1H3/t20-,23+. The molecule has 6 rings (SSSR count). The van der Waals surface area contributed by atoms with Crippen LogP contribution in [0, 0.1) is 5.92 Å². The van der Waals surface area contributed by atoms with Crippen LogP contribution >= 0.6 is 0 Å². The van der Waals surface area contributed by atoms with E-state index in [1.807, 2.05) is 23.0 Å². The van der Waals surface area contributed by atoms with Gasteiger partial charge in [-0.2, -0.15) is 0 Å². The van der Waals surface area contributed by atoms with Gasteiger partial charge in [-0.1, -0.05) is 18.2 Å². The molecule has 6 heteroatoms. The van der Waals surface area contributed by atoms with Gasteiger partial charge in [-0.25, -0.2) is 0 Å². The second kappa shape index (κ2) is 9.11. The SMILES string of the molecule is CN(Cc1coc2ccccc12)[C@H]1CC[C@@H](CCc2c[nH]c3ccc(-n4cnnc4)cc23)CC1. The van der Waals surface area contributed by atoms with Gasteiger partial charge in [0.25, 0.3) is 0 Å². The fourth-order valence-corrected chi connectivity index (χ4v) is 5.65. The van der Waals surface area contributed by atoms with Crippen molar-refractivity contribution < 1.29 is 4.42 Å². The smallest absolute Gasteiger partial charge is 0.134 e. The van der Waals surface area contributed by atoms with Crippen LogP contribution in [0.1, 0.15) is 43.2 Å². The third-order valence-corrected chi connectivity index (χ3v) is 7.71. The lowest BCUT2D eigenvalue weighted by molar-refractivity contribution is 0.156. The monoisotopic (exact) mass is 453 g/mol. The van der Waals surface area contributed by atoms with E-state index in [4.69, 9.17) is 4.42 Å². The molecule has 0 bridgehead atoms. The summed E-state index contributed by atoms with van der Waals surface area (Å²) in [7, 11) is 2.27. The van der Waals surface area contributed by atoms with Crippen molar-refractivity contribution >= 4 is 21.9 Å². The third kappa shape index (κ3) is 4.14. The maximum absolute atomic E-state index is 5.74. The predicted molar refractivity (Wildman–Crippen MR) is 135 cm³/mol. The topological polar surface area (TPSA) is 62.9 Å². The Kier molecular flexibility index (Phi) is 5.67. The Labute approximate surface area is 199 Å². The summed E-state index contributed by atoms with van der Waals surface area (Å²) in [5, 5.41) is 10.4. The highest BCUT2D eigenvalue weighted by atomic mass is 16.3. The summed E-state index contributed by atoms with van der Waals surface area (Å²) in [6, 6.07) is 15.5. The second-order valence-electron chi connectivity index (χ2n) is 9.80. The lowest BCUT2D eigenvalue weighted by atomic mass is 9.82. The molecule has 1 aliphatic carbocycles. The first-order chi connectivity index (χ1) is 16.7. The molecule has 0 atom stereocenters. The van der Waals surface area contributed by atoms with E-state index in [1.165, 1.54) is 59.5 Å². The minimum Gasteiger partial charge on any atom is -0.464 e. The zero-order valence-corrected chi connectivity index (χ0v) is 19.7. The summed E-state index contributed by atoms with van der Waals surface area (Å²) in [4.78, 5) is 5.98. The van der Waals surface area contributed by atoms with Crippen molar-refractivity contribution in [2.24, 2.45) is 5.92 Å². The van der Waals surface area contributed by atoms with Gasteiger partial charge < -0.3 is 9.40 Å². The van der Waals surface area contributed by atoms with Crippen molar-refractivity contribution in [2.45, 2.75) is 51.1 Å². The number of benzene rings is 2. The number of hydrogen-bond acceptors (Lipinski definition) is 4. The molecule has 0 saturated heterocycles. The summed E-state index contributed by atoms with van der Waals surface area (Å²) in [5.41, 5.74) is 6.00. The molecule has 1 aliphatic rings. The van der Waals surface area contributed by atoms with Crippen LogP contribution in [0.2, 0.25) is 0 Å². The number of H-pyrrole nitrogens is 1. The number of aryl methyl sites for hydroxylation is 1. The van der Waals surface area contributed by atoms with Crippen molar-refractivity contribution in [1.29, 1.82) is 0 Å². The molecule has 3 heterocycles. The van der Waals surface area contributed by atoms with E-state index < -0.39 is 0 Å².